The van der Waals surface area contributed by atoms with Gasteiger partial charge in [0.1, 0.15) is 0 Å². The number of amides is 3. The molecule has 3 amide bonds. The Kier molecular flexibility index (Phi) is 5.98. The van der Waals surface area contributed by atoms with Gasteiger partial charge in [0.25, 0.3) is 5.91 Å². The number of rotatable bonds is 4. The molecule has 1 atom stereocenters. The normalized spacial score (nSPS) is 17.4. The molecule has 1 aromatic carbocycles. The van der Waals surface area contributed by atoms with Crippen molar-refractivity contribution in [1.29, 1.82) is 0 Å². The number of likely N-dealkylation sites (tertiary alicyclic amines) is 1. The van der Waals surface area contributed by atoms with E-state index in [0.717, 1.165) is 18.5 Å². The summed E-state index contributed by atoms with van der Waals surface area (Å²) in [5, 5.41) is 9.79. The summed E-state index contributed by atoms with van der Waals surface area (Å²) in [6.07, 6.45) is 3.19. The highest BCUT2D eigenvalue weighted by Gasteiger charge is 2.28. The largest absolute Gasteiger partial charge is 0.365 e. The van der Waals surface area contributed by atoms with Crippen LogP contribution in [0.15, 0.2) is 35.4 Å². The molecule has 2 heterocycles. The van der Waals surface area contributed by atoms with Gasteiger partial charge in [-0.25, -0.2) is 4.79 Å². The number of thioether (sulfide) groups is 1. The number of urea groups is 1. The SMILES string of the molecule is CC(C)(C)Sc1ccc(NC(=O)N2CCC[C@H](c3[nH]ncc3C(N)=O)C2)cc1. The molecule has 28 heavy (non-hydrogen) atoms. The Morgan fingerprint density at radius 3 is 2.64 bits per heavy atom. The van der Waals surface area contributed by atoms with Gasteiger partial charge in [0.05, 0.1) is 17.5 Å². The van der Waals surface area contributed by atoms with E-state index in [1.807, 2.05) is 24.3 Å². The molecule has 0 aliphatic carbocycles. The number of nitrogens with two attached hydrogens (primary N) is 1. The first-order valence-corrected chi connectivity index (χ1v) is 10.2. The van der Waals surface area contributed by atoms with Crippen molar-refractivity contribution in [1.82, 2.24) is 15.1 Å². The Hall–Kier alpha value is -2.48. The number of carbonyl (C=O) groups is 2. The third-order valence-electron chi connectivity index (χ3n) is 4.58. The Balaban J connectivity index is 1.63. The number of hydrogen-bond donors (Lipinski definition) is 3. The molecule has 0 spiro atoms. The zero-order valence-electron chi connectivity index (χ0n) is 16.5. The van der Waals surface area contributed by atoms with Gasteiger partial charge in [-0.2, -0.15) is 5.10 Å². The molecule has 4 N–H and O–H groups in total. The molecule has 8 heteroatoms. The minimum Gasteiger partial charge on any atom is -0.365 e. The molecule has 0 bridgehead atoms. The molecule has 2 aromatic rings. The number of piperidine rings is 1. The molecule has 0 unspecified atom stereocenters. The van der Waals surface area contributed by atoms with E-state index >= 15 is 0 Å². The van der Waals surface area contributed by atoms with Gasteiger partial charge in [-0.05, 0) is 37.1 Å². The number of nitrogens with one attached hydrogen (secondary N) is 2. The van der Waals surface area contributed by atoms with E-state index in [9.17, 15) is 9.59 Å². The highest BCUT2D eigenvalue weighted by atomic mass is 32.2. The molecule has 1 saturated heterocycles. The van der Waals surface area contributed by atoms with Crippen molar-refractivity contribution in [3.63, 3.8) is 0 Å². The van der Waals surface area contributed by atoms with E-state index in [4.69, 9.17) is 5.73 Å². The van der Waals surface area contributed by atoms with Crippen LogP contribution in [0.3, 0.4) is 0 Å². The maximum atomic E-state index is 12.7. The van der Waals surface area contributed by atoms with E-state index in [0.29, 0.717) is 24.3 Å². The third-order valence-corrected chi connectivity index (χ3v) is 5.70. The molecule has 1 aliphatic rings. The second-order valence-corrected chi connectivity index (χ2v) is 9.92. The first-order chi connectivity index (χ1) is 13.2. The third kappa shape index (κ3) is 5.07. The Morgan fingerprint density at radius 1 is 1.29 bits per heavy atom. The Labute approximate surface area is 169 Å². The molecule has 0 radical (unpaired) electrons. The molecule has 150 valence electrons. The first kappa shape index (κ1) is 20.3. The number of hydrogen-bond acceptors (Lipinski definition) is 4. The van der Waals surface area contributed by atoms with Gasteiger partial charge in [-0.1, -0.05) is 20.8 Å². The van der Waals surface area contributed by atoms with Gasteiger partial charge < -0.3 is 16.0 Å². The van der Waals surface area contributed by atoms with Crippen molar-refractivity contribution in [3.05, 3.63) is 41.7 Å². The summed E-state index contributed by atoms with van der Waals surface area (Å²) >= 11 is 1.79. The highest BCUT2D eigenvalue weighted by Crippen LogP contribution is 2.32. The number of anilines is 1. The first-order valence-electron chi connectivity index (χ1n) is 9.41. The van der Waals surface area contributed by atoms with Crippen LogP contribution >= 0.6 is 11.8 Å². The summed E-state index contributed by atoms with van der Waals surface area (Å²) < 4.78 is 0.143. The second kappa shape index (κ2) is 8.26. The lowest BCUT2D eigenvalue weighted by Crippen LogP contribution is -2.42. The zero-order valence-corrected chi connectivity index (χ0v) is 17.3. The van der Waals surface area contributed by atoms with Gasteiger partial charge in [0.2, 0.25) is 0 Å². The van der Waals surface area contributed by atoms with Crippen LogP contribution in [-0.2, 0) is 0 Å². The molecule has 3 rings (SSSR count). The van der Waals surface area contributed by atoms with Crippen molar-refractivity contribution in [2.24, 2.45) is 5.73 Å². The van der Waals surface area contributed by atoms with Crippen molar-refractivity contribution in [2.45, 2.75) is 49.2 Å². The van der Waals surface area contributed by atoms with Gasteiger partial charge in [0.15, 0.2) is 0 Å². The lowest BCUT2D eigenvalue weighted by atomic mass is 9.92. The van der Waals surface area contributed by atoms with Crippen molar-refractivity contribution in [2.75, 3.05) is 18.4 Å². The van der Waals surface area contributed by atoms with Gasteiger partial charge >= 0.3 is 6.03 Å². The molecule has 1 fully saturated rings. The Morgan fingerprint density at radius 2 is 2.00 bits per heavy atom. The number of primary amides is 1. The van der Waals surface area contributed by atoms with Gasteiger partial charge in [0, 0.05) is 34.3 Å². The van der Waals surface area contributed by atoms with Gasteiger partial charge in [-0.3, -0.25) is 9.89 Å². The van der Waals surface area contributed by atoms with Crippen LogP contribution < -0.4 is 11.1 Å². The van der Waals surface area contributed by atoms with E-state index in [2.05, 4.69) is 36.3 Å². The minimum absolute atomic E-state index is 0.0232. The summed E-state index contributed by atoms with van der Waals surface area (Å²) in [5.41, 5.74) is 7.31. The van der Waals surface area contributed by atoms with Crippen LogP contribution in [0.5, 0.6) is 0 Å². The van der Waals surface area contributed by atoms with Crippen molar-refractivity contribution < 1.29 is 9.59 Å². The highest BCUT2D eigenvalue weighted by molar-refractivity contribution is 8.00. The fourth-order valence-corrected chi connectivity index (χ4v) is 4.34. The second-order valence-electron chi connectivity index (χ2n) is 8.02. The lowest BCUT2D eigenvalue weighted by molar-refractivity contribution is 0.0998. The van der Waals surface area contributed by atoms with E-state index in [1.54, 1.807) is 16.7 Å². The average Bonchev–Trinajstić information content (AvgIpc) is 3.12. The van der Waals surface area contributed by atoms with Crippen LogP contribution in [0.25, 0.3) is 0 Å². The standard InChI is InChI=1S/C20H27N5O2S/c1-20(2,3)28-15-8-6-14(7-9-15)23-19(27)25-10-4-5-13(12-25)17-16(18(21)26)11-22-24-17/h6-9,11,13H,4-5,10,12H2,1-3H3,(H2,21,26)(H,22,24)(H,23,27)/t13-/m0/s1. The molecule has 1 aliphatic heterocycles. The number of H-pyrrole nitrogens is 1. The minimum atomic E-state index is -0.501. The van der Waals surface area contributed by atoms with Gasteiger partial charge in [-0.15, -0.1) is 11.8 Å². The van der Waals surface area contributed by atoms with Crippen LogP contribution in [0.2, 0.25) is 0 Å². The van der Waals surface area contributed by atoms with Crippen LogP contribution in [0.4, 0.5) is 10.5 Å². The maximum absolute atomic E-state index is 12.7. The number of nitrogens with zero attached hydrogens (tertiary/aromatic N) is 2. The predicted molar refractivity (Wildman–Crippen MR) is 112 cm³/mol. The molecule has 7 nitrogen and oxygen atoms in total. The summed E-state index contributed by atoms with van der Waals surface area (Å²) in [5.74, 6) is -0.478. The average molecular weight is 402 g/mol. The van der Waals surface area contributed by atoms with Crippen LogP contribution in [-0.4, -0.2) is 44.9 Å². The van der Waals surface area contributed by atoms with Crippen LogP contribution in [0, 0.1) is 0 Å². The fraction of sp³-hybridized carbons (Fsp3) is 0.450. The maximum Gasteiger partial charge on any atom is 0.321 e. The monoisotopic (exact) mass is 401 g/mol. The smallest absolute Gasteiger partial charge is 0.321 e. The van der Waals surface area contributed by atoms with E-state index in [1.165, 1.54) is 11.1 Å². The lowest BCUT2D eigenvalue weighted by Gasteiger charge is -2.32. The van der Waals surface area contributed by atoms with Crippen molar-refractivity contribution >= 4 is 29.4 Å². The zero-order chi connectivity index (χ0) is 20.3. The number of aromatic amines is 1. The molecular weight excluding hydrogens is 374 g/mol. The topological polar surface area (TPSA) is 104 Å². The quantitative estimate of drug-likeness (QED) is 0.678. The summed E-state index contributed by atoms with van der Waals surface area (Å²) in [7, 11) is 0. The number of aromatic nitrogens is 2. The van der Waals surface area contributed by atoms with E-state index < -0.39 is 5.91 Å². The summed E-state index contributed by atoms with van der Waals surface area (Å²) in [6, 6.07) is 7.75. The fourth-order valence-electron chi connectivity index (χ4n) is 3.36. The molecular formula is C20H27N5O2S. The summed E-state index contributed by atoms with van der Waals surface area (Å²) in [4.78, 5) is 27.2. The van der Waals surface area contributed by atoms with Crippen molar-refractivity contribution in [3.8, 4) is 0 Å². The molecule has 0 saturated carbocycles. The summed E-state index contributed by atoms with van der Waals surface area (Å²) in [6.45, 7) is 7.71. The number of benzene rings is 1. The predicted octanol–water partition coefficient (Wildman–Crippen LogP) is 3.81. The molecule has 1 aromatic heterocycles. The van der Waals surface area contributed by atoms with Crippen LogP contribution in [0.1, 0.15) is 55.6 Å². The Bertz CT molecular complexity index is 841. The number of carbonyl (C=O) groups excluding carboxylic acids is 2. The van der Waals surface area contributed by atoms with E-state index in [-0.39, 0.29) is 16.7 Å².